The van der Waals surface area contributed by atoms with Gasteiger partial charge in [0.15, 0.2) is 0 Å². The second-order valence-corrected chi connectivity index (χ2v) is 4.72. The van der Waals surface area contributed by atoms with Crippen LogP contribution in [0.4, 0.5) is 0 Å². The van der Waals surface area contributed by atoms with Crippen LogP contribution < -0.4 is 10.2 Å². The summed E-state index contributed by atoms with van der Waals surface area (Å²) in [5.74, 6) is -0.303. The van der Waals surface area contributed by atoms with Crippen LogP contribution in [0.2, 0.25) is 5.02 Å². The van der Waals surface area contributed by atoms with Gasteiger partial charge in [-0.1, -0.05) is 11.6 Å². The van der Waals surface area contributed by atoms with Crippen molar-refractivity contribution in [2.75, 3.05) is 7.11 Å². The Kier molecular flexibility index (Phi) is 4.85. The standard InChI is InChI=1S/C15H13ClN2O4/c1-22-11-3-5-13(19)9(6-11)8-17-18-15(21)12-7-10(16)2-4-14(12)20/h2-8,19-20H,1H3,(H,18,21)/b17-8-. The molecule has 2 aromatic rings. The number of ether oxygens (including phenoxy) is 1. The van der Waals surface area contributed by atoms with Crippen LogP contribution in [0.15, 0.2) is 41.5 Å². The Hall–Kier alpha value is -2.73. The van der Waals surface area contributed by atoms with Crippen molar-refractivity contribution in [1.82, 2.24) is 5.43 Å². The number of hydrazone groups is 1. The Bertz CT molecular complexity index is 731. The van der Waals surface area contributed by atoms with Gasteiger partial charge < -0.3 is 14.9 Å². The molecule has 7 heteroatoms. The number of rotatable bonds is 4. The molecule has 114 valence electrons. The van der Waals surface area contributed by atoms with Crippen molar-refractivity contribution in [2.24, 2.45) is 5.10 Å². The summed E-state index contributed by atoms with van der Waals surface area (Å²) in [7, 11) is 1.50. The summed E-state index contributed by atoms with van der Waals surface area (Å²) in [5.41, 5.74) is 2.61. The first-order valence-corrected chi connectivity index (χ1v) is 6.58. The van der Waals surface area contributed by atoms with Gasteiger partial charge in [0, 0.05) is 10.6 Å². The van der Waals surface area contributed by atoms with E-state index < -0.39 is 5.91 Å². The highest BCUT2D eigenvalue weighted by Gasteiger charge is 2.10. The lowest BCUT2D eigenvalue weighted by molar-refractivity contribution is 0.0952. The number of halogens is 1. The van der Waals surface area contributed by atoms with E-state index in [0.29, 0.717) is 16.3 Å². The molecule has 0 radical (unpaired) electrons. The molecule has 6 nitrogen and oxygen atoms in total. The molecular weight excluding hydrogens is 308 g/mol. The average molecular weight is 321 g/mol. The van der Waals surface area contributed by atoms with E-state index >= 15 is 0 Å². The third-order valence-corrected chi connectivity index (χ3v) is 3.04. The maximum absolute atomic E-state index is 11.9. The predicted molar refractivity (Wildman–Crippen MR) is 82.8 cm³/mol. The van der Waals surface area contributed by atoms with Gasteiger partial charge >= 0.3 is 0 Å². The molecule has 0 heterocycles. The zero-order chi connectivity index (χ0) is 16.1. The molecule has 0 bridgehead atoms. The van der Waals surface area contributed by atoms with E-state index in [2.05, 4.69) is 10.5 Å². The van der Waals surface area contributed by atoms with Crippen LogP contribution in [0.1, 0.15) is 15.9 Å². The number of aromatic hydroxyl groups is 2. The van der Waals surface area contributed by atoms with E-state index in [1.807, 2.05) is 0 Å². The monoisotopic (exact) mass is 320 g/mol. The number of nitrogens with zero attached hydrogens (tertiary/aromatic N) is 1. The summed E-state index contributed by atoms with van der Waals surface area (Å²) < 4.78 is 5.03. The summed E-state index contributed by atoms with van der Waals surface area (Å²) in [4.78, 5) is 11.9. The minimum absolute atomic E-state index is 0.000450. The predicted octanol–water partition coefficient (Wildman–Crippen LogP) is 2.52. The smallest absolute Gasteiger partial charge is 0.275 e. The third-order valence-electron chi connectivity index (χ3n) is 2.81. The van der Waals surface area contributed by atoms with Crippen LogP contribution in [0.25, 0.3) is 0 Å². The van der Waals surface area contributed by atoms with Crippen LogP contribution in [-0.2, 0) is 0 Å². The minimum Gasteiger partial charge on any atom is -0.507 e. The summed E-state index contributed by atoms with van der Waals surface area (Å²) in [6.45, 7) is 0. The molecule has 0 fully saturated rings. The molecule has 0 aliphatic rings. The molecule has 2 aromatic carbocycles. The van der Waals surface area contributed by atoms with Crippen LogP contribution >= 0.6 is 11.6 Å². The topological polar surface area (TPSA) is 91.2 Å². The first-order chi connectivity index (χ1) is 10.5. The second-order valence-electron chi connectivity index (χ2n) is 4.29. The molecule has 22 heavy (non-hydrogen) atoms. The lowest BCUT2D eigenvalue weighted by Crippen LogP contribution is -2.17. The first kappa shape index (κ1) is 15.7. The largest absolute Gasteiger partial charge is 0.507 e. The van der Waals surface area contributed by atoms with Crippen LogP contribution in [0.5, 0.6) is 17.2 Å². The van der Waals surface area contributed by atoms with Gasteiger partial charge in [-0.15, -0.1) is 0 Å². The number of hydrogen-bond donors (Lipinski definition) is 3. The van der Waals surface area contributed by atoms with Crippen molar-refractivity contribution in [1.29, 1.82) is 0 Å². The van der Waals surface area contributed by atoms with Crippen LogP contribution in [0.3, 0.4) is 0 Å². The molecule has 2 rings (SSSR count). The Labute approximate surface area is 131 Å². The molecule has 1 amide bonds. The molecule has 0 spiro atoms. The maximum atomic E-state index is 11.9. The highest BCUT2D eigenvalue weighted by atomic mass is 35.5. The van der Waals surface area contributed by atoms with Gasteiger partial charge in [0.25, 0.3) is 5.91 Å². The first-order valence-electron chi connectivity index (χ1n) is 6.20. The SMILES string of the molecule is COc1ccc(O)c(/C=N\NC(=O)c2cc(Cl)ccc2O)c1. The number of carbonyl (C=O) groups excluding carboxylic acids is 1. The number of nitrogens with one attached hydrogen (secondary N) is 1. The molecular formula is C15H13ClN2O4. The lowest BCUT2D eigenvalue weighted by Gasteiger charge is -2.04. The van der Waals surface area contributed by atoms with Crippen LogP contribution in [0, 0.1) is 0 Å². The Morgan fingerprint density at radius 3 is 2.68 bits per heavy atom. The fourth-order valence-electron chi connectivity index (χ4n) is 1.67. The van der Waals surface area contributed by atoms with E-state index in [0.717, 1.165) is 0 Å². The fraction of sp³-hybridized carbons (Fsp3) is 0.0667. The van der Waals surface area contributed by atoms with E-state index in [1.54, 1.807) is 12.1 Å². The Morgan fingerprint density at radius 1 is 1.23 bits per heavy atom. The van der Waals surface area contributed by atoms with Gasteiger partial charge in [-0.25, -0.2) is 5.43 Å². The summed E-state index contributed by atoms with van der Waals surface area (Å²) in [6.07, 6.45) is 1.26. The van der Waals surface area contributed by atoms with Gasteiger partial charge in [0.05, 0.1) is 18.9 Å². The second kappa shape index (κ2) is 6.82. The molecule has 0 unspecified atom stereocenters. The minimum atomic E-state index is -0.626. The van der Waals surface area contributed by atoms with E-state index in [1.165, 1.54) is 37.6 Å². The van der Waals surface area contributed by atoms with E-state index in [-0.39, 0.29) is 17.1 Å². The van der Waals surface area contributed by atoms with Gasteiger partial charge in [0.2, 0.25) is 0 Å². The number of methoxy groups -OCH3 is 1. The number of carbonyl (C=O) groups is 1. The quantitative estimate of drug-likeness (QED) is 0.596. The van der Waals surface area contributed by atoms with Crippen molar-refractivity contribution in [2.45, 2.75) is 0 Å². The maximum Gasteiger partial charge on any atom is 0.275 e. The number of benzene rings is 2. The van der Waals surface area contributed by atoms with E-state index in [4.69, 9.17) is 16.3 Å². The number of amides is 1. The molecule has 0 saturated heterocycles. The third kappa shape index (κ3) is 3.67. The molecule has 0 atom stereocenters. The van der Waals surface area contributed by atoms with Crippen LogP contribution in [-0.4, -0.2) is 29.4 Å². The lowest BCUT2D eigenvalue weighted by atomic mass is 10.2. The summed E-state index contributed by atoms with van der Waals surface area (Å²) in [6, 6.07) is 8.70. The summed E-state index contributed by atoms with van der Waals surface area (Å²) >= 11 is 5.77. The fourth-order valence-corrected chi connectivity index (χ4v) is 1.85. The molecule has 0 aromatic heterocycles. The molecule has 0 aliphatic heterocycles. The van der Waals surface area contributed by atoms with Crippen molar-refractivity contribution >= 4 is 23.7 Å². The van der Waals surface area contributed by atoms with Gasteiger partial charge in [-0.05, 0) is 36.4 Å². The van der Waals surface area contributed by atoms with Crippen molar-refractivity contribution in [3.05, 3.63) is 52.5 Å². The number of phenols is 2. The van der Waals surface area contributed by atoms with Gasteiger partial charge in [-0.3, -0.25) is 4.79 Å². The normalized spacial score (nSPS) is 10.6. The highest BCUT2D eigenvalue weighted by molar-refractivity contribution is 6.31. The van der Waals surface area contributed by atoms with Crippen molar-refractivity contribution in [3.63, 3.8) is 0 Å². The van der Waals surface area contributed by atoms with Crippen molar-refractivity contribution in [3.8, 4) is 17.2 Å². The van der Waals surface area contributed by atoms with Gasteiger partial charge in [-0.2, -0.15) is 5.10 Å². The number of phenolic OH excluding ortho intramolecular Hbond substituents is 2. The van der Waals surface area contributed by atoms with E-state index in [9.17, 15) is 15.0 Å². The van der Waals surface area contributed by atoms with Crippen molar-refractivity contribution < 1.29 is 19.7 Å². The summed E-state index contributed by atoms with van der Waals surface area (Å²) in [5, 5.41) is 23.3. The van der Waals surface area contributed by atoms with Gasteiger partial charge in [0.1, 0.15) is 17.2 Å². The Morgan fingerprint density at radius 2 is 1.95 bits per heavy atom. The average Bonchev–Trinajstić information content (AvgIpc) is 2.51. The highest BCUT2D eigenvalue weighted by Crippen LogP contribution is 2.22. The number of hydrogen-bond acceptors (Lipinski definition) is 5. The zero-order valence-electron chi connectivity index (χ0n) is 11.6. The Balaban J connectivity index is 2.12. The molecule has 3 N–H and O–H groups in total. The molecule has 0 saturated carbocycles. The molecule has 0 aliphatic carbocycles. The zero-order valence-corrected chi connectivity index (χ0v) is 12.3.